The molecular weight excluding hydrogens is 544 g/mol. The number of allylic oxidation sites excluding steroid dienone is 2. The molecule has 218 valence electrons. The van der Waals surface area contributed by atoms with Gasteiger partial charge in [0.25, 0.3) is 6.43 Å². The third kappa shape index (κ3) is 8.65. The van der Waals surface area contributed by atoms with Crippen molar-refractivity contribution in [3.63, 3.8) is 0 Å². The fourth-order valence-electron chi connectivity index (χ4n) is 3.56. The van der Waals surface area contributed by atoms with E-state index < -0.39 is 56.6 Å². The van der Waals surface area contributed by atoms with Crippen LogP contribution in [-0.4, -0.2) is 37.2 Å². The monoisotopic (exact) mass is 583 g/mol. The first-order valence-corrected chi connectivity index (χ1v) is 14.5. The highest BCUT2D eigenvalue weighted by Gasteiger charge is 2.44. The van der Waals surface area contributed by atoms with Crippen molar-refractivity contribution < 1.29 is 35.3 Å². The van der Waals surface area contributed by atoms with Crippen LogP contribution < -0.4 is 25.8 Å². The van der Waals surface area contributed by atoms with Crippen molar-refractivity contribution in [2.75, 3.05) is 7.11 Å². The number of nitrogens with one attached hydrogen (secondary N) is 4. The zero-order valence-corrected chi connectivity index (χ0v) is 24.0. The lowest BCUT2D eigenvalue weighted by Crippen LogP contribution is -2.45. The summed E-state index contributed by atoms with van der Waals surface area (Å²) >= 11 is 0.374. The predicted molar refractivity (Wildman–Crippen MR) is 140 cm³/mol. The summed E-state index contributed by atoms with van der Waals surface area (Å²) in [6.45, 7) is 13.2. The van der Waals surface area contributed by atoms with Crippen molar-refractivity contribution in [3.05, 3.63) is 32.7 Å². The first-order chi connectivity index (χ1) is 17.4. The second-order valence-corrected chi connectivity index (χ2v) is 10.5. The number of thioether (sulfide) groups is 1. The number of dihydropyridines is 1. The van der Waals surface area contributed by atoms with E-state index in [0.29, 0.717) is 36.6 Å². The van der Waals surface area contributed by atoms with E-state index in [9.17, 15) is 31.1 Å². The van der Waals surface area contributed by atoms with Crippen LogP contribution in [0.3, 0.4) is 0 Å². The van der Waals surface area contributed by atoms with Gasteiger partial charge in [-0.05, 0) is 31.8 Å². The molecule has 2 heterocycles. The fraction of sp³-hybridized carbons (Fsp3) is 0.682. The molecule has 1 saturated carbocycles. The molecule has 37 heavy (non-hydrogen) atoms. The van der Waals surface area contributed by atoms with Crippen molar-refractivity contribution in [3.8, 4) is 0 Å². The van der Waals surface area contributed by atoms with E-state index in [4.69, 9.17) is 9.32 Å². The summed E-state index contributed by atoms with van der Waals surface area (Å²) in [6, 6.07) is -1.62. The molecule has 2 aliphatic heterocycles. The average Bonchev–Trinajstić information content (AvgIpc) is 3.50. The van der Waals surface area contributed by atoms with E-state index >= 15 is 0 Å². The quantitative estimate of drug-likeness (QED) is 0.181. The summed E-state index contributed by atoms with van der Waals surface area (Å²) in [5, 5.41) is 11.1. The van der Waals surface area contributed by atoms with Crippen molar-refractivity contribution >= 4 is 28.5 Å². The standard InChI is InChI=1S/C16H21F6N5O2S2.3C2H6/c1-6-9(7-4-3-5-8(7)24-10(6)16(20,21)22)25-15(28)27-31(23,29-2)14-12(19)26-13(30-14)11(17)18;3*1-2/h8,11,13,24,26H,3-5,23H2,1-2H3,(H2,25,27,28);3*1-2H3. The molecule has 0 saturated heterocycles. The number of alkyl halides is 5. The van der Waals surface area contributed by atoms with Crippen LogP contribution in [0.25, 0.3) is 0 Å². The Labute approximate surface area is 221 Å². The SMILES string of the molecule is CC.CC.CC.COS(N)(NC(=O)NC1=C2CCCC2NC(C(F)(F)F)=C1C)C1=C(F)NC(C(F)F)S1. The summed E-state index contributed by atoms with van der Waals surface area (Å²) in [5.41, 5.74) is -0.552. The lowest BCUT2D eigenvalue weighted by molar-refractivity contribution is -0.0985. The number of amides is 2. The number of halogens is 6. The Bertz CT molecular complexity index is 867. The van der Waals surface area contributed by atoms with Gasteiger partial charge in [-0.15, -0.1) is 0 Å². The number of carbonyl (C=O) groups is 1. The molecule has 0 aromatic carbocycles. The molecule has 6 N–H and O–H groups in total. The highest BCUT2D eigenvalue weighted by Crippen LogP contribution is 2.56. The van der Waals surface area contributed by atoms with Gasteiger partial charge in [0.2, 0.25) is 5.95 Å². The summed E-state index contributed by atoms with van der Waals surface area (Å²) < 4.78 is 87.0. The minimum Gasteiger partial charge on any atom is -0.374 e. The number of hydrogen-bond acceptors (Lipinski definition) is 6. The van der Waals surface area contributed by atoms with Crippen LogP contribution in [0.2, 0.25) is 0 Å². The van der Waals surface area contributed by atoms with E-state index in [2.05, 4.69) is 15.4 Å². The number of carbonyl (C=O) groups excluding carboxylic acids is 1. The Morgan fingerprint density at radius 3 is 2.19 bits per heavy atom. The molecule has 2 amide bonds. The molecule has 0 radical (unpaired) electrons. The first-order valence-electron chi connectivity index (χ1n) is 12.0. The van der Waals surface area contributed by atoms with Gasteiger partial charge >= 0.3 is 12.2 Å². The second kappa shape index (κ2) is 15.6. The number of nitrogens with two attached hydrogens (primary N) is 1. The Kier molecular flexibility index (Phi) is 14.9. The maximum atomic E-state index is 14.2. The first kappa shape index (κ1) is 35.3. The number of rotatable bonds is 5. The minimum absolute atomic E-state index is 0.000960. The highest BCUT2D eigenvalue weighted by molar-refractivity contribution is 8.39. The summed E-state index contributed by atoms with van der Waals surface area (Å²) in [4.78, 5) is 12.6. The van der Waals surface area contributed by atoms with Gasteiger partial charge in [-0.25, -0.2) is 13.6 Å². The molecule has 7 nitrogen and oxygen atoms in total. The molecule has 3 atom stereocenters. The average molecular weight is 584 g/mol. The van der Waals surface area contributed by atoms with Crippen LogP contribution in [-0.2, 0) is 4.18 Å². The van der Waals surface area contributed by atoms with Gasteiger partial charge in [0.1, 0.15) is 15.3 Å². The molecule has 0 aromatic heterocycles. The number of fused-ring (bicyclic) bond motifs is 1. The normalized spacial score (nSPS) is 23.1. The van der Waals surface area contributed by atoms with Gasteiger partial charge in [0.15, 0.2) is 0 Å². The Morgan fingerprint density at radius 2 is 1.73 bits per heavy atom. The predicted octanol–water partition coefficient (Wildman–Crippen LogP) is 6.79. The van der Waals surface area contributed by atoms with E-state index in [1.54, 1.807) is 0 Å². The maximum Gasteiger partial charge on any atom is 0.431 e. The van der Waals surface area contributed by atoms with Crippen molar-refractivity contribution in [2.24, 2.45) is 5.14 Å². The third-order valence-electron chi connectivity index (χ3n) is 4.96. The van der Waals surface area contributed by atoms with Crippen LogP contribution in [0.4, 0.5) is 31.1 Å². The van der Waals surface area contributed by atoms with Gasteiger partial charge in [0.05, 0.1) is 7.11 Å². The zero-order chi connectivity index (χ0) is 29.1. The number of hydrogen-bond donors (Lipinski definition) is 5. The summed E-state index contributed by atoms with van der Waals surface area (Å²) in [6.07, 6.45) is -5.98. The lowest BCUT2D eigenvalue weighted by atomic mass is 9.97. The lowest BCUT2D eigenvalue weighted by Gasteiger charge is -2.35. The van der Waals surface area contributed by atoms with Gasteiger partial charge in [0, 0.05) is 28.0 Å². The van der Waals surface area contributed by atoms with E-state index in [0.717, 1.165) is 7.11 Å². The van der Waals surface area contributed by atoms with Crippen molar-refractivity contribution in [1.82, 2.24) is 20.7 Å². The van der Waals surface area contributed by atoms with Crippen LogP contribution in [0.1, 0.15) is 67.7 Å². The zero-order valence-electron chi connectivity index (χ0n) is 22.3. The van der Waals surface area contributed by atoms with Gasteiger partial charge < -0.3 is 20.1 Å². The Balaban J connectivity index is 0.00000201. The smallest absolute Gasteiger partial charge is 0.374 e. The Morgan fingerprint density at radius 1 is 1.16 bits per heavy atom. The minimum atomic E-state index is -4.65. The van der Waals surface area contributed by atoms with E-state index in [1.807, 2.05) is 46.9 Å². The molecule has 0 spiro atoms. The van der Waals surface area contributed by atoms with Gasteiger partial charge in [-0.1, -0.05) is 53.3 Å². The van der Waals surface area contributed by atoms with Gasteiger partial charge in [-0.2, -0.15) is 17.6 Å². The number of urea groups is 1. The third-order valence-corrected chi connectivity index (χ3v) is 8.71. The molecule has 1 fully saturated rings. The fourth-order valence-corrected chi connectivity index (χ4v) is 6.41. The molecule has 3 rings (SSSR count). The molecule has 3 unspecified atom stereocenters. The molecule has 15 heteroatoms. The van der Waals surface area contributed by atoms with Crippen molar-refractivity contribution in [1.29, 1.82) is 0 Å². The maximum absolute atomic E-state index is 14.2. The largest absolute Gasteiger partial charge is 0.431 e. The van der Waals surface area contributed by atoms with Crippen molar-refractivity contribution in [2.45, 2.75) is 91.7 Å². The second-order valence-electron chi connectivity index (χ2n) is 6.93. The summed E-state index contributed by atoms with van der Waals surface area (Å²) in [5.74, 6) is -1.16. The highest BCUT2D eigenvalue weighted by atomic mass is 32.3. The molecular formula is C22H39F6N5O2S2. The van der Waals surface area contributed by atoms with E-state index in [1.165, 1.54) is 6.92 Å². The topological polar surface area (TPSA) is 100 Å². The summed E-state index contributed by atoms with van der Waals surface area (Å²) in [7, 11) is -2.32. The molecule has 0 bridgehead atoms. The van der Waals surface area contributed by atoms with Crippen LogP contribution in [0.15, 0.2) is 32.7 Å². The van der Waals surface area contributed by atoms with Crippen LogP contribution >= 0.6 is 22.4 Å². The van der Waals surface area contributed by atoms with Crippen LogP contribution in [0, 0.1) is 0 Å². The molecule has 0 aromatic rings. The van der Waals surface area contributed by atoms with E-state index in [-0.39, 0.29) is 11.3 Å². The Hall–Kier alpha value is -1.71. The van der Waals surface area contributed by atoms with Crippen LogP contribution in [0.5, 0.6) is 0 Å². The van der Waals surface area contributed by atoms with Gasteiger partial charge in [-0.3, -0.25) is 9.86 Å². The molecule has 1 aliphatic carbocycles. The molecule has 3 aliphatic rings.